The van der Waals surface area contributed by atoms with Gasteiger partial charge in [-0.1, -0.05) is 31.4 Å². The van der Waals surface area contributed by atoms with E-state index < -0.39 is 9.84 Å². The molecular formula is C20H33NO2S. The SMILES string of the molecule is CC(C)S(=O)(=O)CCCCCCCc1ccc(N2CCCC2)cc1. The first-order valence-electron chi connectivity index (χ1n) is 9.54. The van der Waals surface area contributed by atoms with Gasteiger partial charge >= 0.3 is 0 Å². The number of benzene rings is 1. The van der Waals surface area contributed by atoms with Crippen LogP contribution in [0.3, 0.4) is 0 Å². The van der Waals surface area contributed by atoms with Crippen molar-refractivity contribution in [2.75, 3.05) is 23.7 Å². The highest BCUT2D eigenvalue weighted by molar-refractivity contribution is 7.91. The van der Waals surface area contributed by atoms with Crippen molar-refractivity contribution >= 4 is 15.5 Å². The van der Waals surface area contributed by atoms with Crippen LogP contribution in [0.5, 0.6) is 0 Å². The van der Waals surface area contributed by atoms with Crippen molar-refractivity contribution in [1.29, 1.82) is 0 Å². The predicted molar refractivity (Wildman–Crippen MR) is 104 cm³/mol. The van der Waals surface area contributed by atoms with Gasteiger partial charge in [0.05, 0.1) is 11.0 Å². The van der Waals surface area contributed by atoms with Gasteiger partial charge in [-0.2, -0.15) is 0 Å². The minimum Gasteiger partial charge on any atom is -0.372 e. The number of sulfone groups is 1. The van der Waals surface area contributed by atoms with E-state index in [4.69, 9.17) is 0 Å². The summed E-state index contributed by atoms with van der Waals surface area (Å²) in [4.78, 5) is 2.47. The second-order valence-electron chi connectivity index (χ2n) is 7.29. The molecule has 4 heteroatoms. The summed E-state index contributed by atoms with van der Waals surface area (Å²) in [5.41, 5.74) is 2.78. The molecule has 1 fully saturated rings. The summed E-state index contributed by atoms with van der Waals surface area (Å²) in [6, 6.07) is 9.06. The minimum absolute atomic E-state index is 0.235. The van der Waals surface area contributed by atoms with Crippen LogP contribution >= 0.6 is 0 Å². The third kappa shape index (κ3) is 6.12. The topological polar surface area (TPSA) is 37.4 Å². The van der Waals surface area contributed by atoms with E-state index in [2.05, 4.69) is 29.2 Å². The van der Waals surface area contributed by atoms with E-state index >= 15 is 0 Å². The van der Waals surface area contributed by atoms with Crippen LogP contribution in [0.2, 0.25) is 0 Å². The lowest BCUT2D eigenvalue weighted by molar-refractivity contribution is 0.577. The summed E-state index contributed by atoms with van der Waals surface area (Å²) >= 11 is 0. The second kappa shape index (κ2) is 9.45. The van der Waals surface area contributed by atoms with Gasteiger partial charge in [0.15, 0.2) is 9.84 Å². The molecule has 1 saturated heterocycles. The third-order valence-corrected chi connectivity index (χ3v) is 7.31. The summed E-state index contributed by atoms with van der Waals surface area (Å²) in [5.74, 6) is 0.350. The number of rotatable bonds is 10. The van der Waals surface area contributed by atoms with Crippen molar-refractivity contribution in [2.45, 2.75) is 70.5 Å². The highest BCUT2D eigenvalue weighted by Gasteiger charge is 2.14. The molecule has 1 aromatic carbocycles. The van der Waals surface area contributed by atoms with Gasteiger partial charge in [0.1, 0.15) is 0 Å². The standard InChI is InChI=1S/C20H33NO2S/c1-18(2)24(22,23)17-9-5-3-4-6-10-19-11-13-20(14-12-19)21-15-7-8-16-21/h11-14,18H,3-10,15-17H2,1-2H3. The molecular weight excluding hydrogens is 318 g/mol. The Hall–Kier alpha value is -1.03. The summed E-state index contributed by atoms with van der Waals surface area (Å²) in [5, 5.41) is -0.235. The fourth-order valence-corrected chi connectivity index (χ4v) is 4.33. The van der Waals surface area contributed by atoms with Gasteiger partial charge in [0, 0.05) is 18.8 Å². The Kier molecular flexibility index (Phi) is 7.60. The molecule has 1 aromatic rings. The van der Waals surface area contributed by atoms with Gasteiger partial charge in [0.25, 0.3) is 0 Å². The maximum Gasteiger partial charge on any atom is 0.152 e. The molecule has 3 nitrogen and oxygen atoms in total. The Morgan fingerprint density at radius 2 is 1.50 bits per heavy atom. The third-order valence-electron chi connectivity index (χ3n) is 5.02. The Morgan fingerprint density at radius 1 is 0.917 bits per heavy atom. The van der Waals surface area contributed by atoms with E-state index in [0.29, 0.717) is 5.75 Å². The van der Waals surface area contributed by atoms with E-state index in [-0.39, 0.29) is 5.25 Å². The molecule has 1 heterocycles. The molecule has 1 aliphatic heterocycles. The molecule has 0 aliphatic carbocycles. The number of hydrogen-bond acceptors (Lipinski definition) is 3. The molecule has 0 spiro atoms. The molecule has 0 saturated carbocycles. The van der Waals surface area contributed by atoms with Crippen LogP contribution in [0.25, 0.3) is 0 Å². The summed E-state index contributed by atoms with van der Waals surface area (Å²) in [7, 11) is -2.85. The summed E-state index contributed by atoms with van der Waals surface area (Å²) in [6.07, 6.45) is 9.13. The van der Waals surface area contributed by atoms with E-state index in [0.717, 1.165) is 25.7 Å². The van der Waals surface area contributed by atoms with Gasteiger partial charge in [-0.25, -0.2) is 8.42 Å². The smallest absolute Gasteiger partial charge is 0.152 e. The lowest BCUT2D eigenvalue weighted by Crippen LogP contribution is -2.17. The van der Waals surface area contributed by atoms with Crippen molar-refractivity contribution in [3.63, 3.8) is 0 Å². The van der Waals surface area contributed by atoms with Crippen molar-refractivity contribution < 1.29 is 8.42 Å². The van der Waals surface area contributed by atoms with Crippen molar-refractivity contribution in [2.24, 2.45) is 0 Å². The van der Waals surface area contributed by atoms with E-state index in [1.165, 1.54) is 50.0 Å². The zero-order valence-corrected chi connectivity index (χ0v) is 16.2. The van der Waals surface area contributed by atoms with E-state index in [1.54, 1.807) is 13.8 Å². The molecule has 2 rings (SSSR count). The average molecular weight is 352 g/mol. The van der Waals surface area contributed by atoms with Crippen LogP contribution in [-0.2, 0) is 16.3 Å². The molecule has 0 N–H and O–H groups in total. The first-order valence-corrected chi connectivity index (χ1v) is 11.3. The summed E-state index contributed by atoms with van der Waals surface area (Å²) < 4.78 is 23.4. The highest BCUT2D eigenvalue weighted by Crippen LogP contribution is 2.21. The van der Waals surface area contributed by atoms with Gasteiger partial charge in [-0.3, -0.25) is 0 Å². The Labute approximate surface area is 148 Å². The predicted octanol–water partition coefficient (Wildman–Crippen LogP) is 4.60. The first-order chi connectivity index (χ1) is 11.5. The van der Waals surface area contributed by atoms with Crippen LogP contribution in [0.15, 0.2) is 24.3 Å². The van der Waals surface area contributed by atoms with Crippen molar-refractivity contribution in [3.05, 3.63) is 29.8 Å². The van der Waals surface area contributed by atoms with Gasteiger partial charge in [-0.05, 0) is 63.6 Å². The normalized spacial score (nSPS) is 15.4. The molecule has 0 aromatic heterocycles. The summed E-state index contributed by atoms with van der Waals surface area (Å²) in [6.45, 7) is 5.94. The van der Waals surface area contributed by atoms with Gasteiger partial charge in [-0.15, -0.1) is 0 Å². The number of nitrogens with zero attached hydrogens (tertiary/aromatic N) is 1. The maximum absolute atomic E-state index is 11.7. The number of anilines is 1. The minimum atomic E-state index is -2.85. The van der Waals surface area contributed by atoms with Crippen LogP contribution in [0.1, 0.15) is 64.4 Å². The zero-order valence-electron chi connectivity index (χ0n) is 15.3. The fourth-order valence-electron chi connectivity index (χ4n) is 3.25. The first kappa shape index (κ1) is 19.3. The number of unbranched alkanes of at least 4 members (excludes halogenated alkanes) is 4. The molecule has 0 radical (unpaired) electrons. The Balaban J connectivity index is 1.57. The van der Waals surface area contributed by atoms with Gasteiger partial charge in [0.2, 0.25) is 0 Å². The number of hydrogen-bond donors (Lipinski definition) is 0. The molecule has 0 atom stereocenters. The number of aryl methyl sites for hydroxylation is 1. The van der Waals surface area contributed by atoms with Crippen LogP contribution < -0.4 is 4.90 Å². The van der Waals surface area contributed by atoms with Crippen molar-refractivity contribution in [3.8, 4) is 0 Å². The van der Waals surface area contributed by atoms with Crippen molar-refractivity contribution in [1.82, 2.24) is 0 Å². The molecule has 24 heavy (non-hydrogen) atoms. The molecule has 136 valence electrons. The molecule has 0 bridgehead atoms. The fraction of sp³-hybridized carbons (Fsp3) is 0.700. The van der Waals surface area contributed by atoms with E-state index in [1.807, 2.05) is 0 Å². The van der Waals surface area contributed by atoms with Crippen LogP contribution in [-0.4, -0.2) is 32.5 Å². The highest BCUT2D eigenvalue weighted by atomic mass is 32.2. The zero-order chi connectivity index (χ0) is 17.4. The van der Waals surface area contributed by atoms with Crippen LogP contribution in [0, 0.1) is 0 Å². The lowest BCUT2D eigenvalue weighted by Gasteiger charge is -2.17. The Bertz CT molecular complexity index is 572. The van der Waals surface area contributed by atoms with E-state index in [9.17, 15) is 8.42 Å². The monoisotopic (exact) mass is 351 g/mol. The lowest BCUT2D eigenvalue weighted by atomic mass is 10.1. The quantitative estimate of drug-likeness (QED) is 0.578. The molecule has 0 amide bonds. The average Bonchev–Trinajstić information content (AvgIpc) is 3.09. The maximum atomic E-state index is 11.7. The largest absolute Gasteiger partial charge is 0.372 e. The van der Waals surface area contributed by atoms with Crippen LogP contribution in [0.4, 0.5) is 5.69 Å². The Morgan fingerprint density at radius 3 is 2.12 bits per heavy atom. The molecule has 0 unspecified atom stereocenters. The second-order valence-corrected chi connectivity index (χ2v) is 9.97. The molecule has 1 aliphatic rings. The van der Waals surface area contributed by atoms with Gasteiger partial charge < -0.3 is 4.90 Å².